The highest BCUT2D eigenvalue weighted by Gasteiger charge is 2.40. The molecule has 1 aromatic carbocycles. The number of carbonyl (C=O) groups is 2. The Hall–Kier alpha value is -2.11. The lowest BCUT2D eigenvalue weighted by Gasteiger charge is -2.41. The Morgan fingerprint density at radius 1 is 1.42 bits per heavy atom. The van der Waals surface area contributed by atoms with Crippen LogP contribution in [-0.4, -0.2) is 35.3 Å². The van der Waals surface area contributed by atoms with E-state index in [0.29, 0.717) is 13.1 Å². The van der Waals surface area contributed by atoms with Gasteiger partial charge in [0.15, 0.2) is 0 Å². The zero-order valence-corrected chi connectivity index (χ0v) is 10.9. The van der Waals surface area contributed by atoms with E-state index in [9.17, 15) is 14.0 Å². The Morgan fingerprint density at radius 2 is 2.11 bits per heavy atom. The molecule has 3 N–H and O–H groups in total. The van der Waals surface area contributed by atoms with Gasteiger partial charge in [0.2, 0.25) is 5.91 Å². The summed E-state index contributed by atoms with van der Waals surface area (Å²) < 4.78 is 13.3. The second kappa shape index (κ2) is 4.53. The number of hydrogen-bond acceptors (Lipinski definition) is 3. The van der Waals surface area contributed by atoms with Gasteiger partial charge in [-0.15, -0.1) is 0 Å². The fraction of sp³-hybridized carbons (Fsp3) is 0.385. The predicted molar refractivity (Wildman–Crippen MR) is 68.9 cm³/mol. The summed E-state index contributed by atoms with van der Waals surface area (Å²) in [6.45, 7) is 4.08. The highest BCUT2D eigenvalue weighted by molar-refractivity contribution is 6.00. The molecule has 1 heterocycles. The van der Waals surface area contributed by atoms with Gasteiger partial charge in [0, 0.05) is 24.3 Å². The van der Waals surface area contributed by atoms with E-state index in [0.717, 1.165) is 12.1 Å². The van der Waals surface area contributed by atoms with Gasteiger partial charge >= 0.3 is 0 Å². The quantitative estimate of drug-likeness (QED) is 0.736. The Kier molecular flexibility index (Phi) is 3.18. The van der Waals surface area contributed by atoms with E-state index in [4.69, 9.17) is 5.73 Å². The van der Waals surface area contributed by atoms with Crippen LogP contribution in [0.25, 0.3) is 0 Å². The van der Waals surface area contributed by atoms with Gasteiger partial charge in [0.1, 0.15) is 11.4 Å². The zero-order chi connectivity index (χ0) is 14.2. The number of nitrogens with two attached hydrogens (primary N) is 1. The van der Waals surface area contributed by atoms with Crippen LogP contribution < -0.4 is 11.1 Å². The smallest absolute Gasteiger partial charge is 0.254 e. The number of nitrogens with zero attached hydrogens (tertiary/aromatic N) is 1. The van der Waals surface area contributed by atoms with Gasteiger partial charge in [-0.3, -0.25) is 9.59 Å². The van der Waals surface area contributed by atoms with E-state index in [-0.39, 0.29) is 17.2 Å². The Balaban J connectivity index is 2.35. The van der Waals surface area contributed by atoms with Crippen LogP contribution in [0.5, 0.6) is 0 Å². The monoisotopic (exact) mass is 265 g/mol. The zero-order valence-electron chi connectivity index (χ0n) is 10.9. The number of nitrogens with one attached hydrogen (secondary N) is 1. The summed E-state index contributed by atoms with van der Waals surface area (Å²) in [6.07, 6.45) is 0. The number of carbonyl (C=O) groups excluding carboxylic acids is 2. The van der Waals surface area contributed by atoms with Crippen LogP contribution in [0.3, 0.4) is 0 Å². The van der Waals surface area contributed by atoms with Gasteiger partial charge in [-0.05, 0) is 32.0 Å². The van der Waals surface area contributed by atoms with Gasteiger partial charge in [-0.25, -0.2) is 4.39 Å². The highest BCUT2D eigenvalue weighted by Crippen LogP contribution is 2.22. The van der Waals surface area contributed by atoms with E-state index < -0.39 is 17.3 Å². The molecule has 1 aliphatic rings. The van der Waals surface area contributed by atoms with E-state index in [1.807, 2.05) is 0 Å². The molecule has 0 atom stereocenters. The second-order valence-electron chi connectivity index (χ2n) is 5.04. The number of benzene rings is 1. The van der Waals surface area contributed by atoms with Crippen LogP contribution >= 0.6 is 0 Å². The molecule has 0 spiro atoms. The lowest BCUT2D eigenvalue weighted by Crippen LogP contribution is -2.63. The van der Waals surface area contributed by atoms with E-state index in [2.05, 4.69) is 5.32 Å². The van der Waals surface area contributed by atoms with Crippen molar-refractivity contribution < 1.29 is 14.0 Å². The van der Waals surface area contributed by atoms with Crippen molar-refractivity contribution in [2.24, 2.45) is 0 Å². The standard InChI is InChI=1S/C13H16FN3O2/c1-13(2)12(19)16-3-4-17(13)11(18)8-5-9(14)7-10(15)6-8/h5-7H,3-4,15H2,1-2H3,(H,16,19). The molecule has 5 nitrogen and oxygen atoms in total. The Morgan fingerprint density at radius 3 is 2.74 bits per heavy atom. The molecular formula is C13H16FN3O2. The molecule has 19 heavy (non-hydrogen) atoms. The second-order valence-corrected chi connectivity index (χ2v) is 5.04. The third-order valence-electron chi connectivity index (χ3n) is 3.26. The highest BCUT2D eigenvalue weighted by atomic mass is 19.1. The number of halogens is 1. The van der Waals surface area contributed by atoms with Crippen LogP contribution in [0.15, 0.2) is 18.2 Å². The number of nitrogen functional groups attached to an aromatic ring is 1. The summed E-state index contributed by atoms with van der Waals surface area (Å²) in [5, 5.41) is 2.70. The molecule has 0 bridgehead atoms. The maximum absolute atomic E-state index is 13.3. The van der Waals surface area contributed by atoms with Gasteiger partial charge in [0.25, 0.3) is 5.91 Å². The summed E-state index contributed by atoms with van der Waals surface area (Å²) in [5.74, 6) is -1.19. The first-order valence-electron chi connectivity index (χ1n) is 5.98. The molecule has 0 aromatic heterocycles. The Labute approximate surface area is 110 Å². The van der Waals surface area contributed by atoms with Crippen molar-refractivity contribution in [2.75, 3.05) is 18.8 Å². The first-order chi connectivity index (χ1) is 8.82. The third kappa shape index (κ3) is 2.38. The minimum absolute atomic E-state index is 0.153. The molecule has 0 radical (unpaired) electrons. The largest absolute Gasteiger partial charge is 0.399 e. The summed E-state index contributed by atoms with van der Waals surface area (Å²) >= 11 is 0. The van der Waals surface area contributed by atoms with Crippen molar-refractivity contribution in [1.29, 1.82) is 0 Å². The molecule has 0 aliphatic carbocycles. The van der Waals surface area contributed by atoms with Crippen LogP contribution in [-0.2, 0) is 4.79 Å². The van der Waals surface area contributed by atoms with Gasteiger partial charge in [-0.2, -0.15) is 0 Å². The van der Waals surface area contributed by atoms with Crippen molar-refractivity contribution in [3.05, 3.63) is 29.6 Å². The SMILES string of the molecule is CC1(C)C(=O)NCCN1C(=O)c1cc(N)cc(F)c1. The van der Waals surface area contributed by atoms with Gasteiger partial charge in [0.05, 0.1) is 0 Å². The number of hydrogen-bond donors (Lipinski definition) is 2. The van der Waals surface area contributed by atoms with E-state index in [1.54, 1.807) is 13.8 Å². The van der Waals surface area contributed by atoms with E-state index >= 15 is 0 Å². The van der Waals surface area contributed by atoms with Crippen molar-refractivity contribution in [2.45, 2.75) is 19.4 Å². The summed E-state index contributed by atoms with van der Waals surface area (Å²) in [7, 11) is 0. The summed E-state index contributed by atoms with van der Waals surface area (Å²) in [4.78, 5) is 25.6. The lowest BCUT2D eigenvalue weighted by molar-refractivity contribution is -0.133. The summed E-state index contributed by atoms with van der Waals surface area (Å²) in [6, 6.07) is 3.68. The van der Waals surface area contributed by atoms with Gasteiger partial charge < -0.3 is 16.0 Å². The maximum Gasteiger partial charge on any atom is 0.254 e. The minimum Gasteiger partial charge on any atom is -0.399 e. The molecule has 1 saturated heterocycles. The van der Waals surface area contributed by atoms with Crippen molar-refractivity contribution in [1.82, 2.24) is 10.2 Å². The predicted octanol–water partition coefficient (Wildman–Crippen LogP) is 0.758. The molecule has 1 fully saturated rings. The van der Waals surface area contributed by atoms with Crippen LogP contribution in [0.4, 0.5) is 10.1 Å². The van der Waals surface area contributed by atoms with Crippen LogP contribution in [0, 0.1) is 5.82 Å². The normalized spacial score (nSPS) is 18.1. The topological polar surface area (TPSA) is 75.4 Å². The first kappa shape index (κ1) is 13.3. The molecule has 6 heteroatoms. The first-order valence-corrected chi connectivity index (χ1v) is 5.98. The van der Waals surface area contributed by atoms with Crippen molar-refractivity contribution in [3.63, 3.8) is 0 Å². The average Bonchev–Trinajstić information content (AvgIpc) is 2.30. The molecule has 2 amide bonds. The molecule has 1 aromatic rings. The molecule has 102 valence electrons. The van der Waals surface area contributed by atoms with Gasteiger partial charge in [-0.1, -0.05) is 0 Å². The summed E-state index contributed by atoms with van der Waals surface area (Å²) in [5.41, 5.74) is 4.91. The van der Waals surface area contributed by atoms with E-state index in [1.165, 1.54) is 11.0 Å². The fourth-order valence-electron chi connectivity index (χ4n) is 2.15. The Bertz CT molecular complexity index is 522. The molecular weight excluding hydrogens is 249 g/mol. The molecule has 1 aliphatic heterocycles. The maximum atomic E-state index is 13.3. The molecule has 0 saturated carbocycles. The van der Waals surface area contributed by atoms with Crippen molar-refractivity contribution in [3.8, 4) is 0 Å². The van der Waals surface area contributed by atoms with Crippen LogP contribution in [0.1, 0.15) is 24.2 Å². The third-order valence-corrected chi connectivity index (χ3v) is 3.26. The lowest BCUT2D eigenvalue weighted by atomic mass is 9.97. The number of rotatable bonds is 1. The van der Waals surface area contributed by atoms with Crippen molar-refractivity contribution >= 4 is 17.5 Å². The van der Waals surface area contributed by atoms with Crippen LogP contribution in [0.2, 0.25) is 0 Å². The average molecular weight is 265 g/mol. The molecule has 0 unspecified atom stereocenters. The number of amides is 2. The molecule has 2 rings (SSSR count). The minimum atomic E-state index is -0.962. The number of anilines is 1. The number of piperazine rings is 1. The fourth-order valence-corrected chi connectivity index (χ4v) is 2.15.